The second kappa shape index (κ2) is 8.55. The number of aryl methyl sites for hydroxylation is 1. The van der Waals surface area contributed by atoms with Crippen LogP contribution in [0.1, 0.15) is 67.0 Å². The molecule has 3 N–H and O–H groups in total. The Bertz CT molecular complexity index is 827. The Kier molecular flexibility index (Phi) is 5.67. The Morgan fingerprint density at radius 2 is 1.76 bits per heavy atom. The molecule has 2 aromatic rings. The van der Waals surface area contributed by atoms with Crippen molar-refractivity contribution in [3.8, 4) is 0 Å². The predicted molar refractivity (Wildman–Crippen MR) is 118 cm³/mol. The molecule has 2 aliphatic carbocycles. The number of benzene rings is 1. The zero-order valence-electron chi connectivity index (χ0n) is 17.4. The van der Waals surface area contributed by atoms with Gasteiger partial charge in [-0.3, -0.25) is 9.88 Å². The van der Waals surface area contributed by atoms with Crippen LogP contribution in [0.3, 0.4) is 0 Å². The highest BCUT2D eigenvalue weighted by molar-refractivity contribution is 5.30. The summed E-state index contributed by atoms with van der Waals surface area (Å²) in [6.45, 7) is 2.10. The summed E-state index contributed by atoms with van der Waals surface area (Å²) in [7, 11) is 0. The van der Waals surface area contributed by atoms with Crippen LogP contribution in [-0.4, -0.2) is 34.6 Å². The Balaban J connectivity index is 1.40. The van der Waals surface area contributed by atoms with Crippen molar-refractivity contribution in [2.45, 2.75) is 82.1 Å². The summed E-state index contributed by atoms with van der Waals surface area (Å²) in [5.74, 6) is 0. The molecule has 1 fully saturated rings. The monoisotopic (exact) mass is 390 g/mol. The quantitative estimate of drug-likeness (QED) is 0.835. The van der Waals surface area contributed by atoms with Gasteiger partial charge in [-0.05, 0) is 74.1 Å². The molecule has 5 rings (SSSR count). The minimum atomic E-state index is 0.393. The third-order valence-electron chi connectivity index (χ3n) is 7.37. The Labute approximate surface area is 174 Å². The molecule has 1 aliphatic heterocycles. The molecular formula is C25H34N4. The maximum atomic E-state index is 6.25. The molecule has 1 saturated carbocycles. The van der Waals surface area contributed by atoms with E-state index in [0.717, 1.165) is 32.4 Å². The summed E-state index contributed by atoms with van der Waals surface area (Å²) in [4.78, 5) is 7.70. The van der Waals surface area contributed by atoms with Gasteiger partial charge in [0.1, 0.15) is 0 Å². The van der Waals surface area contributed by atoms with E-state index in [9.17, 15) is 0 Å². The highest BCUT2D eigenvalue weighted by Gasteiger charge is 2.35. The fourth-order valence-electron chi connectivity index (χ4n) is 5.78. The van der Waals surface area contributed by atoms with Gasteiger partial charge in [0.15, 0.2) is 0 Å². The zero-order valence-corrected chi connectivity index (χ0v) is 17.4. The predicted octanol–water partition coefficient (Wildman–Crippen LogP) is 3.75. The number of pyridine rings is 1. The molecule has 2 unspecified atom stereocenters. The fourth-order valence-corrected chi connectivity index (χ4v) is 5.78. The molecule has 2 atom stereocenters. The normalized spacial score (nSPS) is 29.3. The van der Waals surface area contributed by atoms with Gasteiger partial charge in [0, 0.05) is 37.4 Å². The van der Waals surface area contributed by atoms with Crippen LogP contribution < -0.4 is 11.1 Å². The average molecular weight is 391 g/mol. The van der Waals surface area contributed by atoms with E-state index in [-0.39, 0.29) is 0 Å². The highest BCUT2D eigenvalue weighted by atomic mass is 15.2. The maximum Gasteiger partial charge on any atom is 0.0607 e. The molecule has 0 bridgehead atoms. The van der Waals surface area contributed by atoms with Gasteiger partial charge < -0.3 is 11.1 Å². The van der Waals surface area contributed by atoms with Gasteiger partial charge in [-0.1, -0.05) is 30.3 Å². The van der Waals surface area contributed by atoms with Crippen molar-refractivity contribution in [2.75, 3.05) is 6.54 Å². The third kappa shape index (κ3) is 4.11. The van der Waals surface area contributed by atoms with Crippen LogP contribution in [0.5, 0.6) is 0 Å². The molecule has 29 heavy (non-hydrogen) atoms. The van der Waals surface area contributed by atoms with E-state index in [0.29, 0.717) is 24.2 Å². The van der Waals surface area contributed by atoms with Crippen molar-refractivity contribution in [2.24, 2.45) is 5.73 Å². The molecule has 154 valence electrons. The first kappa shape index (κ1) is 19.2. The number of rotatable bonds is 4. The van der Waals surface area contributed by atoms with Crippen LogP contribution in [0.2, 0.25) is 0 Å². The molecule has 0 amide bonds. The first-order chi connectivity index (χ1) is 14.3. The van der Waals surface area contributed by atoms with Gasteiger partial charge in [-0.15, -0.1) is 0 Å². The van der Waals surface area contributed by atoms with Gasteiger partial charge >= 0.3 is 0 Å². The molecule has 2 heterocycles. The summed E-state index contributed by atoms with van der Waals surface area (Å²) in [5.41, 5.74) is 12.0. The van der Waals surface area contributed by atoms with Crippen molar-refractivity contribution in [3.63, 3.8) is 0 Å². The van der Waals surface area contributed by atoms with Gasteiger partial charge in [0.2, 0.25) is 0 Å². The van der Waals surface area contributed by atoms with Gasteiger partial charge in [0.25, 0.3) is 0 Å². The van der Waals surface area contributed by atoms with E-state index in [1.807, 2.05) is 6.20 Å². The van der Waals surface area contributed by atoms with Crippen molar-refractivity contribution in [3.05, 3.63) is 65.0 Å². The molecular weight excluding hydrogens is 356 g/mol. The lowest BCUT2D eigenvalue weighted by Crippen LogP contribution is -2.51. The second-order valence-electron chi connectivity index (χ2n) is 9.27. The minimum absolute atomic E-state index is 0.393. The first-order valence-corrected chi connectivity index (χ1v) is 11.5. The molecule has 0 saturated heterocycles. The van der Waals surface area contributed by atoms with Gasteiger partial charge in [-0.2, -0.15) is 0 Å². The van der Waals surface area contributed by atoms with E-state index in [1.165, 1.54) is 54.5 Å². The lowest BCUT2D eigenvalue weighted by Gasteiger charge is -2.44. The number of nitrogens with zero attached hydrogens (tertiary/aromatic N) is 2. The second-order valence-corrected chi connectivity index (χ2v) is 9.27. The third-order valence-corrected chi connectivity index (χ3v) is 7.37. The zero-order chi connectivity index (χ0) is 19.6. The number of fused-ring (bicyclic) bond motifs is 2. The number of nitrogens with one attached hydrogen (secondary N) is 1. The van der Waals surface area contributed by atoms with Crippen molar-refractivity contribution in [1.82, 2.24) is 15.2 Å². The summed E-state index contributed by atoms with van der Waals surface area (Å²) < 4.78 is 0. The fraction of sp³-hybridized carbons (Fsp3) is 0.560. The Morgan fingerprint density at radius 1 is 0.966 bits per heavy atom. The van der Waals surface area contributed by atoms with Crippen molar-refractivity contribution >= 4 is 0 Å². The van der Waals surface area contributed by atoms with Gasteiger partial charge in [0.05, 0.1) is 11.7 Å². The van der Waals surface area contributed by atoms with E-state index in [2.05, 4.69) is 46.6 Å². The Morgan fingerprint density at radius 3 is 2.62 bits per heavy atom. The molecule has 1 aromatic carbocycles. The lowest BCUT2D eigenvalue weighted by atomic mass is 9.85. The van der Waals surface area contributed by atoms with Crippen LogP contribution in [0, 0.1) is 0 Å². The summed E-state index contributed by atoms with van der Waals surface area (Å²) in [6, 6.07) is 15.3. The lowest BCUT2D eigenvalue weighted by molar-refractivity contribution is 0.0740. The van der Waals surface area contributed by atoms with Crippen LogP contribution in [-0.2, 0) is 19.4 Å². The summed E-state index contributed by atoms with van der Waals surface area (Å²) in [5, 5.41) is 3.83. The smallest absolute Gasteiger partial charge is 0.0607 e. The van der Waals surface area contributed by atoms with Crippen molar-refractivity contribution in [1.29, 1.82) is 0 Å². The van der Waals surface area contributed by atoms with Gasteiger partial charge in [-0.25, -0.2) is 0 Å². The van der Waals surface area contributed by atoms with Crippen LogP contribution in [0.15, 0.2) is 42.6 Å². The van der Waals surface area contributed by atoms with Crippen LogP contribution >= 0.6 is 0 Å². The topological polar surface area (TPSA) is 54.2 Å². The summed E-state index contributed by atoms with van der Waals surface area (Å²) >= 11 is 0. The molecule has 1 aromatic heterocycles. The van der Waals surface area contributed by atoms with E-state index in [4.69, 9.17) is 10.7 Å². The SMILES string of the molecule is NC1CCC(N(CC2Cc3ccccc3CN2)C2CCCc3cccnc32)CC1. The van der Waals surface area contributed by atoms with E-state index in [1.54, 1.807) is 0 Å². The highest BCUT2D eigenvalue weighted by Crippen LogP contribution is 2.37. The summed E-state index contributed by atoms with van der Waals surface area (Å²) in [6.07, 6.45) is 11.6. The van der Waals surface area contributed by atoms with Crippen molar-refractivity contribution < 1.29 is 0 Å². The molecule has 4 nitrogen and oxygen atoms in total. The standard InChI is InChI=1S/C25H34N4/c26-21-10-12-23(13-11-21)29(24-9-3-7-18-8-4-14-27-25(18)24)17-22-15-19-5-1-2-6-20(19)16-28-22/h1-2,4-6,8,14,21-24,28H,3,7,9-13,15-17,26H2. The molecule has 3 aliphatic rings. The maximum absolute atomic E-state index is 6.25. The number of hydrogen-bond acceptors (Lipinski definition) is 4. The number of hydrogen-bond donors (Lipinski definition) is 2. The van der Waals surface area contributed by atoms with Crippen LogP contribution in [0.25, 0.3) is 0 Å². The molecule has 0 radical (unpaired) electrons. The Hall–Kier alpha value is -1.75. The van der Waals surface area contributed by atoms with E-state index < -0.39 is 0 Å². The average Bonchev–Trinajstić information content (AvgIpc) is 2.78. The number of nitrogens with two attached hydrogens (primary N) is 1. The largest absolute Gasteiger partial charge is 0.328 e. The minimum Gasteiger partial charge on any atom is -0.328 e. The molecule has 0 spiro atoms. The van der Waals surface area contributed by atoms with E-state index >= 15 is 0 Å². The molecule has 4 heteroatoms. The number of aromatic nitrogens is 1. The van der Waals surface area contributed by atoms with Crippen LogP contribution in [0.4, 0.5) is 0 Å². The first-order valence-electron chi connectivity index (χ1n) is 11.5.